The molecule has 6 heteroatoms. The molecule has 0 spiro atoms. The van der Waals surface area contributed by atoms with Gasteiger partial charge in [0.05, 0.1) is 6.33 Å². The second-order valence-corrected chi connectivity index (χ2v) is 4.63. The van der Waals surface area contributed by atoms with Crippen LogP contribution in [-0.4, -0.2) is 44.9 Å². The van der Waals surface area contributed by atoms with Crippen LogP contribution < -0.4 is 0 Å². The minimum absolute atomic E-state index is 0.0107. The molecule has 0 bridgehead atoms. The SMILES string of the molecule is CCCN(CC1CC1)C(=O)c1nc[nH]c1C(=O)O. The van der Waals surface area contributed by atoms with Crippen molar-refractivity contribution in [2.24, 2.45) is 5.92 Å². The van der Waals surface area contributed by atoms with E-state index in [4.69, 9.17) is 5.11 Å². The summed E-state index contributed by atoms with van der Waals surface area (Å²) in [4.78, 5) is 31.3. The second kappa shape index (κ2) is 5.20. The molecule has 0 unspecified atom stereocenters. The number of imidazole rings is 1. The number of carbonyl (C=O) groups is 2. The Morgan fingerprint density at radius 3 is 2.83 bits per heavy atom. The first kappa shape index (κ1) is 12.6. The highest BCUT2D eigenvalue weighted by molar-refractivity contribution is 6.02. The molecule has 1 saturated carbocycles. The van der Waals surface area contributed by atoms with E-state index < -0.39 is 5.97 Å². The standard InChI is InChI=1S/C12H17N3O3/c1-2-5-15(6-8-3-4-8)11(16)9-10(12(17)18)14-7-13-9/h7-8H,2-6H2,1H3,(H,13,14)(H,17,18). The lowest BCUT2D eigenvalue weighted by molar-refractivity contribution is 0.0666. The largest absolute Gasteiger partial charge is 0.477 e. The summed E-state index contributed by atoms with van der Waals surface area (Å²) in [5.41, 5.74) is -0.117. The van der Waals surface area contributed by atoms with Crippen LogP contribution in [0.4, 0.5) is 0 Å². The Morgan fingerprint density at radius 1 is 1.56 bits per heavy atom. The number of nitrogens with zero attached hydrogens (tertiary/aromatic N) is 2. The van der Waals surface area contributed by atoms with Crippen molar-refractivity contribution in [3.63, 3.8) is 0 Å². The summed E-state index contributed by atoms with van der Waals surface area (Å²) in [6.45, 7) is 3.34. The Hall–Kier alpha value is -1.85. The summed E-state index contributed by atoms with van der Waals surface area (Å²) in [5, 5.41) is 8.97. The van der Waals surface area contributed by atoms with Gasteiger partial charge in [-0.25, -0.2) is 9.78 Å². The molecule has 1 heterocycles. The minimum Gasteiger partial charge on any atom is -0.477 e. The van der Waals surface area contributed by atoms with Crippen molar-refractivity contribution >= 4 is 11.9 Å². The Bertz CT molecular complexity index is 451. The third-order valence-electron chi connectivity index (χ3n) is 3.01. The monoisotopic (exact) mass is 251 g/mol. The van der Waals surface area contributed by atoms with Crippen molar-refractivity contribution in [2.75, 3.05) is 13.1 Å². The van der Waals surface area contributed by atoms with Gasteiger partial charge in [-0.3, -0.25) is 4.79 Å². The zero-order chi connectivity index (χ0) is 13.1. The maximum atomic E-state index is 12.3. The van der Waals surface area contributed by atoms with E-state index in [-0.39, 0.29) is 17.3 Å². The first-order chi connectivity index (χ1) is 8.63. The van der Waals surface area contributed by atoms with Gasteiger partial charge in [0, 0.05) is 13.1 Å². The van der Waals surface area contributed by atoms with Gasteiger partial charge in [0.2, 0.25) is 0 Å². The van der Waals surface area contributed by atoms with Gasteiger partial charge in [-0.2, -0.15) is 0 Å². The Labute approximate surface area is 105 Å². The average Bonchev–Trinajstić information content (AvgIpc) is 3.01. The molecular formula is C12H17N3O3. The molecule has 1 fully saturated rings. The number of H-pyrrole nitrogens is 1. The number of aromatic nitrogens is 2. The van der Waals surface area contributed by atoms with Crippen molar-refractivity contribution in [1.29, 1.82) is 0 Å². The fraction of sp³-hybridized carbons (Fsp3) is 0.583. The molecule has 18 heavy (non-hydrogen) atoms. The summed E-state index contributed by atoms with van der Waals surface area (Å²) < 4.78 is 0. The van der Waals surface area contributed by atoms with Crippen LogP contribution in [0.3, 0.4) is 0 Å². The van der Waals surface area contributed by atoms with Crippen molar-refractivity contribution in [1.82, 2.24) is 14.9 Å². The number of carboxylic acid groups (broad SMARTS) is 1. The van der Waals surface area contributed by atoms with E-state index in [1.807, 2.05) is 6.92 Å². The third kappa shape index (κ3) is 2.69. The van der Waals surface area contributed by atoms with Crippen molar-refractivity contribution in [3.05, 3.63) is 17.7 Å². The summed E-state index contributed by atoms with van der Waals surface area (Å²) >= 11 is 0. The molecule has 1 amide bonds. The van der Waals surface area contributed by atoms with Crippen molar-refractivity contribution < 1.29 is 14.7 Å². The zero-order valence-corrected chi connectivity index (χ0v) is 10.3. The molecule has 0 radical (unpaired) electrons. The Balaban J connectivity index is 2.15. The van der Waals surface area contributed by atoms with Crippen LogP contribution in [0.15, 0.2) is 6.33 Å². The highest BCUT2D eigenvalue weighted by Crippen LogP contribution is 2.30. The van der Waals surface area contributed by atoms with E-state index in [9.17, 15) is 9.59 Å². The average molecular weight is 251 g/mol. The summed E-state index contributed by atoms with van der Waals surface area (Å²) in [6, 6.07) is 0. The normalized spacial score (nSPS) is 14.5. The third-order valence-corrected chi connectivity index (χ3v) is 3.01. The van der Waals surface area contributed by atoms with Gasteiger partial charge in [-0.05, 0) is 25.2 Å². The molecule has 0 aromatic carbocycles. The molecule has 6 nitrogen and oxygen atoms in total. The number of aromatic carboxylic acids is 1. The molecule has 1 aliphatic rings. The number of carbonyl (C=O) groups excluding carboxylic acids is 1. The van der Waals surface area contributed by atoms with Gasteiger partial charge >= 0.3 is 5.97 Å². The van der Waals surface area contributed by atoms with Crippen LogP contribution in [-0.2, 0) is 0 Å². The minimum atomic E-state index is -1.15. The number of rotatable bonds is 6. The zero-order valence-electron chi connectivity index (χ0n) is 10.3. The maximum absolute atomic E-state index is 12.3. The van der Waals surface area contributed by atoms with Crippen LogP contribution in [0.5, 0.6) is 0 Å². The highest BCUT2D eigenvalue weighted by Gasteiger charge is 2.29. The first-order valence-corrected chi connectivity index (χ1v) is 6.19. The predicted octanol–water partition coefficient (Wildman–Crippen LogP) is 1.37. The lowest BCUT2D eigenvalue weighted by atomic mass is 10.2. The van der Waals surface area contributed by atoms with E-state index in [0.29, 0.717) is 19.0 Å². The van der Waals surface area contributed by atoms with Gasteiger partial charge in [0.25, 0.3) is 5.91 Å². The summed E-state index contributed by atoms with van der Waals surface area (Å²) in [6.07, 6.45) is 4.41. The van der Waals surface area contributed by atoms with Gasteiger partial charge in [0.1, 0.15) is 0 Å². The van der Waals surface area contributed by atoms with Crippen LogP contribution in [0.2, 0.25) is 0 Å². The molecule has 1 aliphatic carbocycles. The van der Waals surface area contributed by atoms with E-state index in [0.717, 1.165) is 19.3 Å². The van der Waals surface area contributed by atoms with Crippen LogP contribution >= 0.6 is 0 Å². The summed E-state index contributed by atoms with van der Waals surface area (Å²) in [7, 11) is 0. The van der Waals surface area contributed by atoms with Crippen molar-refractivity contribution in [3.8, 4) is 0 Å². The molecule has 98 valence electrons. The topological polar surface area (TPSA) is 86.3 Å². The first-order valence-electron chi connectivity index (χ1n) is 6.19. The lowest BCUT2D eigenvalue weighted by Gasteiger charge is -2.21. The van der Waals surface area contributed by atoms with Crippen molar-refractivity contribution in [2.45, 2.75) is 26.2 Å². The number of aromatic amines is 1. The van der Waals surface area contributed by atoms with Gasteiger partial charge < -0.3 is 15.0 Å². The molecule has 1 aromatic heterocycles. The van der Waals surface area contributed by atoms with E-state index in [1.165, 1.54) is 6.33 Å². The lowest BCUT2D eigenvalue weighted by Crippen LogP contribution is -2.34. The Kier molecular flexibility index (Phi) is 3.64. The quantitative estimate of drug-likeness (QED) is 0.799. The van der Waals surface area contributed by atoms with Gasteiger partial charge in [-0.1, -0.05) is 6.92 Å². The number of hydrogen-bond acceptors (Lipinski definition) is 3. The molecule has 0 atom stereocenters. The van der Waals surface area contributed by atoms with E-state index in [1.54, 1.807) is 4.90 Å². The van der Waals surface area contributed by atoms with E-state index >= 15 is 0 Å². The fourth-order valence-corrected chi connectivity index (χ4v) is 1.93. The van der Waals surface area contributed by atoms with Crippen LogP contribution in [0, 0.1) is 5.92 Å². The second-order valence-electron chi connectivity index (χ2n) is 4.63. The van der Waals surface area contributed by atoms with Gasteiger partial charge in [-0.15, -0.1) is 0 Å². The molecule has 2 rings (SSSR count). The number of hydrogen-bond donors (Lipinski definition) is 2. The molecule has 2 N–H and O–H groups in total. The molecule has 0 aliphatic heterocycles. The molecular weight excluding hydrogens is 234 g/mol. The van der Waals surface area contributed by atoms with E-state index in [2.05, 4.69) is 9.97 Å². The maximum Gasteiger partial charge on any atom is 0.354 e. The molecule has 0 saturated heterocycles. The smallest absolute Gasteiger partial charge is 0.354 e. The van der Waals surface area contributed by atoms with Gasteiger partial charge in [0.15, 0.2) is 11.4 Å². The highest BCUT2D eigenvalue weighted by atomic mass is 16.4. The molecule has 1 aromatic rings. The predicted molar refractivity (Wildman–Crippen MR) is 64.5 cm³/mol. The summed E-state index contributed by atoms with van der Waals surface area (Å²) in [5.74, 6) is -0.867. The number of nitrogens with one attached hydrogen (secondary N) is 1. The van der Waals surface area contributed by atoms with Crippen LogP contribution in [0.1, 0.15) is 47.2 Å². The van der Waals surface area contributed by atoms with Crippen LogP contribution in [0.25, 0.3) is 0 Å². The number of amides is 1. The number of carboxylic acids is 1. The Morgan fingerprint density at radius 2 is 2.28 bits per heavy atom. The fourth-order valence-electron chi connectivity index (χ4n) is 1.93.